The van der Waals surface area contributed by atoms with Gasteiger partial charge in [-0.25, -0.2) is 8.78 Å². The maximum absolute atomic E-state index is 13.6. The Bertz CT molecular complexity index is 675. The second kappa shape index (κ2) is 5.73. The molecule has 2 aromatic rings. The Labute approximate surface area is 130 Å². The summed E-state index contributed by atoms with van der Waals surface area (Å²) in [7, 11) is 0. The van der Waals surface area contributed by atoms with Crippen molar-refractivity contribution in [2.45, 2.75) is 12.5 Å². The van der Waals surface area contributed by atoms with Gasteiger partial charge in [0.05, 0.1) is 6.04 Å². The van der Waals surface area contributed by atoms with E-state index in [1.54, 1.807) is 12.1 Å². The first-order chi connectivity index (χ1) is 10.1. The summed E-state index contributed by atoms with van der Waals surface area (Å²) in [5.41, 5.74) is 8.65. The van der Waals surface area contributed by atoms with E-state index in [1.807, 2.05) is 0 Å². The number of hydrogen-bond acceptors (Lipinski definition) is 2. The van der Waals surface area contributed by atoms with Gasteiger partial charge in [-0.3, -0.25) is 0 Å². The lowest BCUT2D eigenvalue weighted by Crippen LogP contribution is -2.32. The third-order valence-electron chi connectivity index (χ3n) is 3.90. The van der Waals surface area contributed by atoms with Gasteiger partial charge in [-0.1, -0.05) is 22.0 Å². The fraction of sp³-hybridized carbons (Fsp3) is 0.250. The number of fused-ring (bicyclic) bond motifs is 1. The molecule has 0 saturated carbocycles. The number of benzene rings is 2. The van der Waals surface area contributed by atoms with Crippen LogP contribution >= 0.6 is 15.9 Å². The first kappa shape index (κ1) is 14.5. The van der Waals surface area contributed by atoms with E-state index in [4.69, 9.17) is 5.73 Å². The van der Waals surface area contributed by atoms with Crippen LogP contribution in [0.2, 0.25) is 0 Å². The summed E-state index contributed by atoms with van der Waals surface area (Å²) >= 11 is 3.45. The van der Waals surface area contributed by atoms with Gasteiger partial charge in [0.2, 0.25) is 0 Å². The van der Waals surface area contributed by atoms with Crippen LogP contribution in [0.25, 0.3) is 0 Å². The van der Waals surface area contributed by atoms with Crippen molar-refractivity contribution in [1.82, 2.24) is 0 Å². The van der Waals surface area contributed by atoms with Crippen molar-refractivity contribution in [2.75, 3.05) is 18.0 Å². The predicted molar refractivity (Wildman–Crippen MR) is 83.3 cm³/mol. The second-order valence-electron chi connectivity index (χ2n) is 5.13. The maximum Gasteiger partial charge on any atom is 0.125 e. The second-order valence-corrected chi connectivity index (χ2v) is 5.99. The largest absolute Gasteiger partial charge is 0.363 e. The summed E-state index contributed by atoms with van der Waals surface area (Å²) in [5.74, 6) is -0.569. The summed E-state index contributed by atoms with van der Waals surface area (Å²) in [5, 5.41) is 0. The van der Waals surface area contributed by atoms with Crippen molar-refractivity contribution in [3.05, 3.63) is 63.6 Å². The van der Waals surface area contributed by atoms with E-state index in [9.17, 15) is 8.78 Å². The Morgan fingerprint density at radius 2 is 1.86 bits per heavy atom. The average Bonchev–Trinajstić information content (AvgIpc) is 2.87. The SMILES string of the molecule is NCC(c1cc(F)ccc1Br)N1CCc2ccc(F)cc21. The first-order valence-electron chi connectivity index (χ1n) is 6.80. The van der Waals surface area contributed by atoms with E-state index >= 15 is 0 Å². The summed E-state index contributed by atoms with van der Waals surface area (Å²) in [6.07, 6.45) is 0.846. The van der Waals surface area contributed by atoms with Crippen LogP contribution in [0.15, 0.2) is 40.9 Å². The quantitative estimate of drug-likeness (QED) is 0.910. The molecule has 0 amide bonds. The van der Waals surface area contributed by atoms with Gasteiger partial charge < -0.3 is 10.6 Å². The zero-order valence-corrected chi connectivity index (χ0v) is 12.9. The van der Waals surface area contributed by atoms with Gasteiger partial charge in [-0.2, -0.15) is 0 Å². The summed E-state index contributed by atoms with van der Waals surface area (Å²) in [6, 6.07) is 9.18. The fourth-order valence-electron chi connectivity index (χ4n) is 2.89. The molecule has 2 nitrogen and oxygen atoms in total. The lowest BCUT2D eigenvalue weighted by Gasteiger charge is -2.30. The fourth-order valence-corrected chi connectivity index (χ4v) is 3.40. The average molecular weight is 353 g/mol. The van der Waals surface area contributed by atoms with Gasteiger partial charge in [0.15, 0.2) is 0 Å². The number of hydrogen-bond donors (Lipinski definition) is 1. The Morgan fingerprint density at radius 3 is 2.62 bits per heavy atom. The van der Waals surface area contributed by atoms with Crippen molar-refractivity contribution in [3.8, 4) is 0 Å². The van der Waals surface area contributed by atoms with Gasteiger partial charge in [0.25, 0.3) is 0 Å². The van der Waals surface area contributed by atoms with Crippen LogP contribution in [0.5, 0.6) is 0 Å². The van der Waals surface area contributed by atoms with E-state index in [2.05, 4.69) is 20.8 Å². The molecule has 0 aliphatic carbocycles. The van der Waals surface area contributed by atoms with Gasteiger partial charge in [-0.15, -0.1) is 0 Å². The topological polar surface area (TPSA) is 29.3 Å². The monoisotopic (exact) mass is 352 g/mol. The number of rotatable bonds is 3. The van der Waals surface area contributed by atoms with E-state index in [1.165, 1.54) is 24.3 Å². The third-order valence-corrected chi connectivity index (χ3v) is 4.62. The molecule has 2 N–H and O–H groups in total. The van der Waals surface area contributed by atoms with Crippen LogP contribution in [-0.4, -0.2) is 13.1 Å². The highest BCUT2D eigenvalue weighted by atomic mass is 79.9. The minimum atomic E-state index is -0.301. The minimum absolute atomic E-state index is 0.182. The number of nitrogens with zero attached hydrogens (tertiary/aromatic N) is 1. The molecule has 1 aliphatic rings. The third kappa shape index (κ3) is 2.68. The highest BCUT2D eigenvalue weighted by Gasteiger charge is 2.28. The molecule has 1 aliphatic heterocycles. The Balaban J connectivity index is 2.03. The van der Waals surface area contributed by atoms with E-state index in [-0.39, 0.29) is 17.7 Å². The Morgan fingerprint density at radius 1 is 1.14 bits per heavy atom. The van der Waals surface area contributed by atoms with Crippen molar-refractivity contribution in [2.24, 2.45) is 5.73 Å². The molecule has 0 fully saturated rings. The molecule has 1 heterocycles. The zero-order chi connectivity index (χ0) is 15.0. The molecule has 1 unspecified atom stereocenters. The molecule has 110 valence electrons. The Kier molecular flexibility index (Phi) is 3.95. The lowest BCUT2D eigenvalue weighted by atomic mass is 10.0. The van der Waals surface area contributed by atoms with Gasteiger partial charge in [0, 0.05) is 23.2 Å². The van der Waals surface area contributed by atoms with Gasteiger partial charge in [-0.05, 0) is 47.9 Å². The van der Waals surface area contributed by atoms with E-state index in [0.717, 1.165) is 34.3 Å². The molecule has 5 heteroatoms. The van der Waals surface area contributed by atoms with Crippen molar-refractivity contribution in [1.29, 1.82) is 0 Å². The van der Waals surface area contributed by atoms with Crippen LogP contribution < -0.4 is 10.6 Å². The minimum Gasteiger partial charge on any atom is -0.363 e. The standard InChI is InChI=1S/C16H15BrF2N2/c17-14-4-3-11(18)7-13(14)16(9-20)21-6-5-10-1-2-12(19)8-15(10)21/h1-4,7-8,16H,5-6,9,20H2. The first-order valence-corrected chi connectivity index (χ1v) is 7.59. The molecular formula is C16H15BrF2N2. The highest BCUT2D eigenvalue weighted by Crippen LogP contribution is 2.37. The molecule has 0 radical (unpaired) electrons. The van der Waals surface area contributed by atoms with Crippen LogP contribution in [0, 0.1) is 11.6 Å². The van der Waals surface area contributed by atoms with Crippen molar-refractivity contribution in [3.63, 3.8) is 0 Å². The lowest BCUT2D eigenvalue weighted by molar-refractivity contribution is 0.604. The van der Waals surface area contributed by atoms with E-state index in [0.29, 0.717) is 6.54 Å². The highest BCUT2D eigenvalue weighted by molar-refractivity contribution is 9.10. The van der Waals surface area contributed by atoms with Crippen LogP contribution in [0.4, 0.5) is 14.5 Å². The summed E-state index contributed by atoms with van der Waals surface area (Å²) in [4.78, 5) is 2.05. The molecule has 3 rings (SSSR count). The van der Waals surface area contributed by atoms with Crippen molar-refractivity contribution >= 4 is 21.6 Å². The summed E-state index contributed by atoms with van der Waals surface area (Å²) in [6.45, 7) is 1.08. The zero-order valence-electron chi connectivity index (χ0n) is 11.3. The smallest absolute Gasteiger partial charge is 0.125 e. The van der Waals surface area contributed by atoms with Crippen molar-refractivity contribution < 1.29 is 8.78 Å². The molecule has 2 aromatic carbocycles. The number of anilines is 1. The number of halogens is 3. The van der Waals surface area contributed by atoms with Crippen LogP contribution in [0.1, 0.15) is 17.2 Å². The van der Waals surface area contributed by atoms with Gasteiger partial charge in [0.1, 0.15) is 11.6 Å². The molecular weight excluding hydrogens is 338 g/mol. The summed E-state index contributed by atoms with van der Waals surface area (Å²) < 4.78 is 27.9. The van der Waals surface area contributed by atoms with E-state index < -0.39 is 0 Å². The Hall–Kier alpha value is -1.46. The van der Waals surface area contributed by atoms with Gasteiger partial charge >= 0.3 is 0 Å². The molecule has 21 heavy (non-hydrogen) atoms. The molecule has 0 bridgehead atoms. The molecule has 0 aromatic heterocycles. The molecule has 1 atom stereocenters. The normalized spacial score (nSPS) is 15.1. The maximum atomic E-state index is 13.6. The van der Waals surface area contributed by atoms with Crippen LogP contribution in [0.3, 0.4) is 0 Å². The number of nitrogens with two attached hydrogens (primary N) is 1. The molecule has 0 spiro atoms. The predicted octanol–water partition coefficient (Wildman–Crippen LogP) is 3.79. The molecule has 0 saturated heterocycles. The van der Waals surface area contributed by atoms with Crippen LogP contribution in [-0.2, 0) is 6.42 Å².